The number of amides is 1. The summed E-state index contributed by atoms with van der Waals surface area (Å²) in [7, 11) is 0. The largest absolute Gasteiger partial charge is 0.354 e. The topological polar surface area (TPSA) is 91.2 Å². The van der Waals surface area contributed by atoms with Gasteiger partial charge in [0.05, 0.1) is 0 Å². The number of hydrogen-bond donors (Lipinski definition) is 5. The van der Waals surface area contributed by atoms with Gasteiger partial charge >= 0.3 is 0 Å². The molecule has 4 rings (SSSR count). The van der Waals surface area contributed by atoms with Crippen molar-refractivity contribution in [1.82, 2.24) is 21.3 Å². The maximum absolute atomic E-state index is 12.3. The second-order valence-corrected chi connectivity index (χ2v) is 15.9. The van der Waals surface area contributed by atoms with Gasteiger partial charge < -0.3 is 27.0 Å². The first-order valence-corrected chi connectivity index (χ1v) is 18.3. The van der Waals surface area contributed by atoms with Crippen molar-refractivity contribution in [2.45, 2.75) is 137 Å². The minimum absolute atomic E-state index is 0.242. The molecule has 6 nitrogen and oxygen atoms in total. The fourth-order valence-corrected chi connectivity index (χ4v) is 10.7. The molecule has 0 bridgehead atoms. The standard InChI is InChI=1S/C36H69N5O/c1-26(2)41-34(42)14-9-27(3)31-12-13-32-30-11-10-28-25-29(15-17-35(28,4)33(30)16-18-36(31,32)5)40-24-8-23-39-22-7-21-38-20-6-19-37/h26-33,38-40H,6-25,37H2,1-5H3,(H,41,42)/t27-,28?,29+,30?,31?,32?,33?,35+,36-/m1/s1. The van der Waals surface area contributed by atoms with E-state index in [4.69, 9.17) is 5.73 Å². The lowest BCUT2D eigenvalue weighted by molar-refractivity contribution is -0.123. The van der Waals surface area contributed by atoms with Crippen LogP contribution in [0, 0.1) is 46.3 Å². The number of nitrogens with two attached hydrogens (primary N) is 1. The van der Waals surface area contributed by atoms with Gasteiger partial charge in [0.25, 0.3) is 0 Å². The molecule has 42 heavy (non-hydrogen) atoms. The minimum Gasteiger partial charge on any atom is -0.354 e. The average molecular weight is 588 g/mol. The molecule has 6 N–H and O–H groups in total. The molecular formula is C36H69N5O. The van der Waals surface area contributed by atoms with Crippen molar-refractivity contribution in [2.75, 3.05) is 39.3 Å². The highest BCUT2D eigenvalue weighted by Crippen LogP contribution is 2.68. The Kier molecular flexibility index (Phi) is 13.1. The molecule has 9 atom stereocenters. The van der Waals surface area contributed by atoms with Crippen LogP contribution in [0.3, 0.4) is 0 Å². The molecule has 0 saturated heterocycles. The molecule has 1 amide bonds. The smallest absolute Gasteiger partial charge is 0.220 e. The van der Waals surface area contributed by atoms with Gasteiger partial charge in [0.2, 0.25) is 5.91 Å². The van der Waals surface area contributed by atoms with E-state index in [0.717, 1.165) is 87.7 Å². The molecule has 4 aliphatic rings. The summed E-state index contributed by atoms with van der Waals surface area (Å²) in [5, 5.41) is 14.2. The van der Waals surface area contributed by atoms with Gasteiger partial charge in [0, 0.05) is 18.5 Å². The zero-order valence-electron chi connectivity index (χ0n) is 28.2. The maximum atomic E-state index is 12.3. The Bertz CT molecular complexity index is 821. The normalized spacial score (nSPS) is 36.7. The van der Waals surface area contributed by atoms with Crippen LogP contribution < -0.4 is 27.0 Å². The van der Waals surface area contributed by atoms with E-state index in [-0.39, 0.29) is 11.9 Å². The summed E-state index contributed by atoms with van der Waals surface area (Å²) >= 11 is 0. The second kappa shape index (κ2) is 16.0. The lowest BCUT2D eigenvalue weighted by atomic mass is 9.44. The summed E-state index contributed by atoms with van der Waals surface area (Å²) in [4.78, 5) is 12.3. The molecule has 5 unspecified atom stereocenters. The van der Waals surface area contributed by atoms with Crippen LogP contribution in [0.4, 0.5) is 0 Å². The van der Waals surface area contributed by atoms with Crippen LogP contribution in [0.25, 0.3) is 0 Å². The lowest BCUT2D eigenvalue weighted by Crippen LogP contribution is -2.55. The Labute approximate surface area is 259 Å². The Morgan fingerprint density at radius 2 is 1.48 bits per heavy atom. The Hall–Kier alpha value is -0.690. The molecule has 0 aromatic heterocycles. The highest BCUT2D eigenvalue weighted by atomic mass is 16.1. The van der Waals surface area contributed by atoms with E-state index in [1.807, 2.05) is 0 Å². The van der Waals surface area contributed by atoms with Crippen LogP contribution in [0.15, 0.2) is 0 Å². The summed E-state index contributed by atoms with van der Waals surface area (Å²) < 4.78 is 0. The number of carbonyl (C=O) groups is 1. The van der Waals surface area contributed by atoms with Crippen molar-refractivity contribution in [3.63, 3.8) is 0 Å². The Morgan fingerprint density at radius 1 is 0.810 bits per heavy atom. The zero-order chi connectivity index (χ0) is 30.2. The highest BCUT2D eigenvalue weighted by Gasteiger charge is 2.60. The van der Waals surface area contributed by atoms with Gasteiger partial charge in [-0.15, -0.1) is 0 Å². The molecule has 244 valence electrons. The third kappa shape index (κ3) is 8.31. The molecular weight excluding hydrogens is 518 g/mol. The highest BCUT2D eigenvalue weighted by molar-refractivity contribution is 5.76. The van der Waals surface area contributed by atoms with Gasteiger partial charge in [0.15, 0.2) is 0 Å². The summed E-state index contributed by atoms with van der Waals surface area (Å²) in [6.07, 6.45) is 18.1. The van der Waals surface area contributed by atoms with Crippen LogP contribution >= 0.6 is 0 Å². The van der Waals surface area contributed by atoms with Crippen LogP contribution in [-0.4, -0.2) is 57.3 Å². The maximum Gasteiger partial charge on any atom is 0.220 e. The van der Waals surface area contributed by atoms with Gasteiger partial charge in [-0.05, 0) is 183 Å². The van der Waals surface area contributed by atoms with Gasteiger partial charge in [-0.1, -0.05) is 20.8 Å². The van der Waals surface area contributed by atoms with Crippen molar-refractivity contribution in [2.24, 2.45) is 52.1 Å². The monoisotopic (exact) mass is 588 g/mol. The Balaban J connectivity index is 1.19. The fourth-order valence-electron chi connectivity index (χ4n) is 10.7. The summed E-state index contributed by atoms with van der Waals surface area (Å²) in [6.45, 7) is 18.3. The van der Waals surface area contributed by atoms with E-state index in [0.29, 0.717) is 23.2 Å². The van der Waals surface area contributed by atoms with E-state index in [1.54, 1.807) is 0 Å². The predicted octanol–water partition coefficient (Wildman–Crippen LogP) is 5.85. The number of nitrogens with one attached hydrogen (secondary N) is 4. The summed E-state index contributed by atoms with van der Waals surface area (Å²) in [5.74, 6) is 5.40. The van der Waals surface area contributed by atoms with Gasteiger partial charge in [0.1, 0.15) is 0 Å². The first-order chi connectivity index (χ1) is 20.2. The van der Waals surface area contributed by atoms with E-state index in [9.17, 15) is 4.79 Å². The second-order valence-electron chi connectivity index (χ2n) is 15.9. The molecule has 0 radical (unpaired) electrons. The van der Waals surface area contributed by atoms with Gasteiger partial charge in [-0.25, -0.2) is 0 Å². The van der Waals surface area contributed by atoms with E-state index in [2.05, 4.69) is 55.9 Å². The average Bonchev–Trinajstić information content (AvgIpc) is 3.31. The van der Waals surface area contributed by atoms with Crippen LogP contribution in [0.5, 0.6) is 0 Å². The Morgan fingerprint density at radius 3 is 2.19 bits per heavy atom. The van der Waals surface area contributed by atoms with Crippen molar-refractivity contribution >= 4 is 5.91 Å². The van der Waals surface area contributed by atoms with E-state index >= 15 is 0 Å². The molecule has 0 aromatic carbocycles. The third-order valence-corrected chi connectivity index (χ3v) is 12.9. The molecule has 4 aliphatic carbocycles. The minimum atomic E-state index is 0.242. The summed E-state index contributed by atoms with van der Waals surface area (Å²) in [6, 6.07) is 0.973. The molecule has 4 fully saturated rings. The SMILES string of the molecule is CC(C)NC(=O)CC[C@@H](C)C1CCC2C3CCC4C[C@@H](NCCCNCCCNCCCN)CC[C@]4(C)C3CC[C@@]21C. The quantitative estimate of drug-likeness (QED) is 0.138. The molecule has 0 aromatic rings. The van der Waals surface area contributed by atoms with Crippen LogP contribution in [0.1, 0.15) is 125 Å². The molecule has 0 heterocycles. The first kappa shape index (κ1) is 34.2. The number of carbonyl (C=O) groups excluding carboxylic acids is 1. The lowest BCUT2D eigenvalue weighted by Gasteiger charge is -2.61. The van der Waals surface area contributed by atoms with Crippen molar-refractivity contribution in [1.29, 1.82) is 0 Å². The zero-order valence-corrected chi connectivity index (χ0v) is 28.2. The number of rotatable bonds is 17. The molecule has 0 aliphatic heterocycles. The summed E-state index contributed by atoms with van der Waals surface area (Å²) in [5.41, 5.74) is 6.59. The van der Waals surface area contributed by atoms with Crippen LogP contribution in [0.2, 0.25) is 0 Å². The van der Waals surface area contributed by atoms with Crippen molar-refractivity contribution in [3.05, 3.63) is 0 Å². The number of hydrogen-bond acceptors (Lipinski definition) is 5. The molecule has 0 spiro atoms. The number of fused-ring (bicyclic) bond motifs is 5. The van der Waals surface area contributed by atoms with Gasteiger partial charge in [-0.3, -0.25) is 4.79 Å². The predicted molar refractivity (Wildman–Crippen MR) is 177 cm³/mol. The third-order valence-electron chi connectivity index (χ3n) is 12.9. The van der Waals surface area contributed by atoms with Crippen molar-refractivity contribution in [3.8, 4) is 0 Å². The van der Waals surface area contributed by atoms with E-state index in [1.165, 1.54) is 70.6 Å². The molecule has 4 saturated carbocycles. The molecule has 6 heteroatoms. The van der Waals surface area contributed by atoms with Crippen molar-refractivity contribution < 1.29 is 4.79 Å². The van der Waals surface area contributed by atoms with E-state index < -0.39 is 0 Å². The van der Waals surface area contributed by atoms with Gasteiger partial charge in [-0.2, -0.15) is 0 Å². The fraction of sp³-hybridized carbons (Fsp3) is 0.972. The van der Waals surface area contributed by atoms with Crippen LogP contribution in [-0.2, 0) is 4.79 Å². The first-order valence-electron chi connectivity index (χ1n) is 18.3.